The number of amides is 1. The molecule has 0 aliphatic carbocycles. The van der Waals surface area contributed by atoms with Crippen LogP contribution in [-0.4, -0.2) is 29.1 Å². The molecule has 2 aliphatic heterocycles. The maximum atomic E-state index is 12.1. The molecule has 0 radical (unpaired) electrons. The van der Waals surface area contributed by atoms with Gasteiger partial charge in [-0.05, 0) is 25.3 Å². The van der Waals surface area contributed by atoms with E-state index in [-0.39, 0.29) is 23.2 Å². The van der Waals surface area contributed by atoms with Crippen LogP contribution < -0.4 is 5.32 Å². The van der Waals surface area contributed by atoms with Crippen molar-refractivity contribution in [2.45, 2.75) is 37.5 Å². The first-order valence-corrected chi connectivity index (χ1v) is 6.66. The molecule has 2 saturated heterocycles. The van der Waals surface area contributed by atoms with Crippen molar-refractivity contribution in [1.82, 2.24) is 10.3 Å². The van der Waals surface area contributed by atoms with Gasteiger partial charge in [-0.25, -0.2) is 4.98 Å². The van der Waals surface area contributed by atoms with Crippen molar-refractivity contribution in [3.05, 3.63) is 28.0 Å². The first kappa shape index (κ1) is 12.2. The van der Waals surface area contributed by atoms with Crippen molar-refractivity contribution >= 4 is 29.1 Å². The highest BCUT2D eigenvalue weighted by Gasteiger charge is 2.41. The number of ether oxygens (including phenoxy) is 1. The molecule has 1 amide bonds. The van der Waals surface area contributed by atoms with Gasteiger partial charge in [-0.3, -0.25) is 4.79 Å². The number of carbonyl (C=O) groups excluding carboxylic acids is 1. The van der Waals surface area contributed by atoms with Crippen LogP contribution >= 0.6 is 23.2 Å². The molecule has 2 aliphatic rings. The minimum atomic E-state index is -0.217. The maximum Gasteiger partial charge on any atom is 0.253 e. The second kappa shape index (κ2) is 4.68. The molecule has 2 bridgehead atoms. The molecular formula is C12H12Cl2N2O2. The minimum Gasteiger partial charge on any atom is -0.373 e. The zero-order valence-electron chi connectivity index (χ0n) is 9.53. The molecular weight excluding hydrogens is 275 g/mol. The maximum absolute atomic E-state index is 12.1. The normalized spacial score (nSPS) is 29.6. The van der Waals surface area contributed by atoms with Crippen LogP contribution in [-0.2, 0) is 4.74 Å². The van der Waals surface area contributed by atoms with Gasteiger partial charge in [0, 0.05) is 6.20 Å². The Labute approximate surface area is 115 Å². The van der Waals surface area contributed by atoms with Crippen molar-refractivity contribution in [1.29, 1.82) is 0 Å². The lowest BCUT2D eigenvalue weighted by atomic mass is 9.95. The van der Waals surface area contributed by atoms with Crippen LogP contribution in [0.2, 0.25) is 10.2 Å². The summed E-state index contributed by atoms with van der Waals surface area (Å²) in [6.07, 6.45) is 4.83. The zero-order chi connectivity index (χ0) is 12.7. The number of nitrogens with one attached hydrogen (secondary N) is 1. The van der Waals surface area contributed by atoms with Crippen molar-refractivity contribution in [3.63, 3.8) is 0 Å². The molecule has 1 aromatic rings. The van der Waals surface area contributed by atoms with Crippen LogP contribution in [0.15, 0.2) is 12.3 Å². The Morgan fingerprint density at radius 1 is 1.44 bits per heavy atom. The summed E-state index contributed by atoms with van der Waals surface area (Å²) in [5.41, 5.74) is 0.361. The average molecular weight is 287 g/mol. The first-order chi connectivity index (χ1) is 8.63. The van der Waals surface area contributed by atoms with E-state index in [0.717, 1.165) is 19.3 Å². The summed E-state index contributed by atoms with van der Waals surface area (Å²) >= 11 is 11.7. The second-order valence-electron chi connectivity index (χ2n) is 4.68. The van der Waals surface area contributed by atoms with Crippen LogP contribution in [0.25, 0.3) is 0 Å². The van der Waals surface area contributed by atoms with Crippen molar-refractivity contribution in [2.75, 3.05) is 0 Å². The molecule has 96 valence electrons. The second-order valence-corrected chi connectivity index (χ2v) is 5.47. The number of hydrogen-bond acceptors (Lipinski definition) is 3. The van der Waals surface area contributed by atoms with Gasteiger partial charge in [0.15, 0.2) is 0 Å². The number of nitrogens with zero attached hydrogens (tertiary/aromatic N) is 1. The van der Waals surface area contributed by atoms with E-state index in [1.807, 2.05) is 0 Å². The van der Waals surface area contributed by atoms with Gasteiger partial charge in [-0.15, -0.1) is 0 Å². The molecule has 3 rings (SSSR count). The van der Waals surface area contributed by atoms with Gasteiger partial charge < -0.3 is 10.1 Å². The third-order valence-corrected chi connectivity index (χ3v) is 4.00. The molecule has 0 spiro atoms. The summed E-state index contributed by atoms with van der Waals surface area (Å²) in [5.74, 6) is -0.217. The summed E-state index contributed by atoms with van der Waals surface area (Å²) < 4.78 is 5.69. The first-order valence-electron chi connectivity index (χ1n) is 5.91. The van der Waals surface area contributed by atoms with Crippen molar-refractivity contribution in [3.8, 4) is 0 Å². The molecule has 6 heteroatoms. The lowest BCUT2D eigenvalue weighted by Crippen LogP contribution is -2.41. The van der Waals surface area contributed by atoms with Gasteiger partial charge in [0.1, 0.15) is 5.15 Å². The highest BCUT2D eigenvalue weighted by Crippen LogP contribution is 2.34. The van der Waals surface area contributed by atoms with E-state index in [9.17, 15) is 4.79 Å². The summed E-state index contributed by atoms with van der Waals surface area (Å²) in [5, 5.41) is 3.52. The predicted molar refractivity (Wildman–Crippen MR) is 68.0 cm³/mol. The van der Waals surface area contributed by atoms with Gasteiger partial charge in [0.05, 0.1) is 28.8 Å². The Kier molecular flexibility index (Phi) is 3.18. The Morgan fingerprint density at radius 3 is 2.94 bits per heavy atom. The largest absolute Gasteiger partial charge is 0.373 e. The van der Waals surface area contributed by atoms with E-state index >= 15 is 0 Å². The Bertz CT molecular complexity index is 495. The number of hydrogen-bond donors (Lipinski definition) is 1. The minimum absolute atomic E-state index is 0.0826. The van der Waals surface area contributed by atoms with Crippen LogP contribution in [0, 0.1) is 0 Å². The Hall–Kier alpha value is -0.840. The molecule has 2 fully saturated rings. The molecule has 3 atom stereocenters. The number of pyridine rings is 1. The van der Waals surface area contributed by atoms with Gasteiger partial charge in [-0.2, -0.15) is 0 Å². The van der Waals surface area contributed by atoms with Gasteiger partial charge in [0.2, 0.25) is 0 Å². The number of carbonyl (C=O) groups is 1. The lowest BCUT2D eigenvalue weighted by Gasteiger charge is -2.20. The van der Waals surface area contributed by atoms with E-state index < -0.39 is 0 Å². The third-order valence-electron chi connectivity index (χ3n) is 3.49. The zero-order valence-corrected chi connectivity index (χ0v) is 11.0. The quantitative estimate of drug-likeness (QED) is 0.850. The predicted octanol–water partition coefficient (Wildman–Crippen LogP) is 2.44. The molecule has 1 N–H and O–H groups in total. The fourth-order valence-corrected chi connectivity index (χ4v) is 2.97. The van der Waals surface area contributed by atoms with Gasteiger partial charge in [-0.1, -0.05) is 23.2 Å². The van der Waals surface area contributed by atoms with Crippen LogP contribution in [0.3, 0.4) is 0 Å². The van der Waals surface area contributed by atoms with Gasteiger partial charge >= 0.3 is 0 Å². The summed E-state index contributed by atoms with van der Waals surface area (Å²) in [6.45, 7) is 0. The highest BCUT2D eigenvalue weighted by atomic mass is 35.5. The molecule has 1 aromatic heterocycles. The van der Waals surface area contributed by atoms with E-state index in [1.165, 1.54) is 12.3 Å². The van der Waals surface area contributed by atoms with Gasteiger partial charge in [0.25, 0.3) is 5.91 Å². The number of fused-ring (bicyclic) bond motifs is 2. The topological polar surface area (TPSA) is 51.2 Å². The lowest BCUT2D eigenvalue weighted by molar-refractivity contribution is 0.0841. The molecule has 0 aromatic carbocycles. The molecule has 0 saturated carbocycles. The third kappa shape index (κ3) is 2.20. The SMILES string of the molecule is O=C(NC1CC2CCC1O2)c1cc(Cl)ncc1Cl. The smallest absolute Gasteiger partial charge is 0.253 e. The summed E-state index contributed by atoms with van der Waals surface area (Å²) in [4.78, 5) is 15.9. The molecule has 3 heterocycles. The van der Waals surface area contributed by atoms with Crippen LogP contribution in [0.1, 0.15) is 29.6 Å². The summed E-state index contributed by atoms with van der Waals surface area (Å²) in [7, 11) is 0. The number of aromatic nitrogens is 1. The molecule has 18 heavy (non-hydrogen) atoms. The number of rotatable bonds is 2. The number of halogens is 2. The molecule has 4 nitrogen and oxygen atoms in total. The fourth-order valence-electron chi connectivity index (χ4n) is 2.62. The van der Waals surface area contributed by atoms with Crippen LogP contribution in [0.5, 0.6) is 0 Å². The highest BCUT2D eigenvalue weighted by molar-refractivity contribution is 6.35. The Morgan fingerprint density at radius 2 is 2.28 bits per heavy atom. The summed E-state index contributed by atoms with van der Waals surface area (Å²) in [6, 6.07) is 1.56. The fraction of sp³-hybridized carbons (Fsp3) is 0.500. The van der Waals surface area contributed by atoms with E-state index in [0.29, 0.717) is 16.7 Å². The van der Waals surface area contributed by atoms with Crippen molar-refractivity contribution in [2.24, 2.45) is 0 Å². The van der Waals surface area contributed by atoms with E-state index in [4.69, 9.17) is 27.9 Å². The van der Waals surface area contributed by atoms with Crippen molar-refractivity contribution < 1.29 is 9.53 Å². The Balaban J connectivity index is 1.73. The van der Waals surface area contributed by atoms with Crippen LogP contribution in [0.4, 0.5) is 0 Å². The monoisotopic (exact) mass is 286 g/mol. The average Bonchev–Trinajstić information content (AvgIpc) is 2.94. The van der Waals surface area contributed by atoms with E-state index in [2.05, 4.69) is 10.3 Å². The molecule has 3 unspecified atom stereocenters. The van der Waals surface area contributed by atoms with E-state index in [1.54, 1.807) is 0 Å². The standard InChI is InChI=1S/C12H12Cl2N2O2/c13-8-5-15-11(14)4-7(8)12(17)16-9-3-6-1-2-10(9)18-6/h4-6,9-10H,1-3H2,(H,16,17).